The summed E-state index contributed by atoms with van der Waals surface area (Å²) in [6.45, 7) is 5.47. The second-order valence-corrected chi connectivity index (χ2v) is 16.6. The monoisotopic (exact) mass is 734 g/mol. The maximum atomic E-state index is 14.9. The molecular formula is C40H45F3N4O4S. The van der Waals surface area contributed by atoms with Crippen molar-refractivity contribution in [3.63, 3.8) is 0 Å². The largest absolute Gasteiger partial charge is 0.495 e. The number of nitrogens with zero attached hydrogens (tertiary/aromatic N) is 3. The van der Waals surface area contributed by atoms with Crippen LogP contribution in [0.25, 0.3) is 22.2 Å². The van der Waals surface area contributed by atoms with E-state index in [0.717, 1.165) is 69.6 Å². The van der Waals surface area contributed by atoms with E-state index in [1.165, 1.54) is 51.5 Å². The highest BCUT2D eigenvalue weighted by atomic mass is 32.2. The Kier molecular flexibility index (Phi) is 10.1. The fraction of sp³-hybridized carbons (Fsp3) is 0.450. The maximum Gasteiger partial charge on any atom is 0.416 e. The molecule has 276 valence electrons. The molecule has 2 aliphatic heterocycles. The molecule has 1 saturated carbocycles. The van der Waals surface area contributed by atoms with Crippen LogP contribution in [0.15, 0.2) is 71.6 Å². The molecule has 1 amide bonds. The zero-order valence-corrected chi connectivity index (χ0v) is 30.5. The Bertz CT molecular complexity index is 2050. The molecule has 1 N–H and O–H groups in total. The number of rotatable bonds is 10. The van der Waals surface area contributed by atoms with Gasteiger partial charge in [-0.2, -0.15) is 13.2 Å². The predicted octanol–water partition coefficient (Wildman–Crippen LogP) is 7.59. The number of piperidine rings is 2. The number of methoxy groups -OCH3 is 1. The number of hydrogen-bond acceptors (Lipinski definition) is 7. The van der Waals surface area contributed by atoms with E-state index >= 15 is 0 Å². The number of fused-ring (bicyclic) bond motifs is 1. The number of likely N-dealkylation sites (tertiary alicyclic amines) is 2. The quantitative estimate of drug-likeness (QED) is 0.180. The van der Waals surface area contributed by atoms with Gasteiger partial charge < -0.3 is 15.0 Å². The molecule has 3 aromatic carbocycles. The molecule has 3 fully saturated rings. The van der Waals surface area contributed by atoms with E-state index in [1.54, 1.807) is 6.07 Å². The molecular weight excluding hydrogens is 690 g/mol. The van der Waals surface area contributed by atoms with Crippen molar-refractivity contribution in [2.45, 2.75) is 81.1 Å². The van der Waals surface area contributed by atoms with Gasteiger partial charge in [-0.3, -0.25) is 9.69 Å². The van der Waals surface area contributed by atoms with Crippen molar-refractivity contribution in [1.29, 1.82) is 0 Å². The summed E-state index contributed by atoms with van der Waals surface area (Å²) in [4.78, 5) is 24.6. The van der Waals surface area contributed by atoms with Crippen LogP contribution in [0.3, 0.4) is 0 Å². The summed E-state index contributed by atoms with van der Waals surface area (Å²) in [6.07, 6.45) is 2.38. The molecule has 1 aromatic heterocycles. The van der Waals surface area contributed by atoms with Crippen molar-refractivity contribution >= 4 is 26.6 Å². The minimum absolute atomic E-state index is 0.0543. The van der Waals surface area contributed by atoms with Crippen molar-refractivity contribution in [2.24, 2.45) is 0 Å². The van der Waals surface area contributed by atoms with Crippen LogP contribution in [0.1, 0.15) is 78.9 Å². The first kappa shape index (κ1) is 36.4. The number of halogens is 3. The molecule has 12 heteroatoms. The van der Waals surface area contributed by atoms with Crippen LogP contribution in [0.2, 0.25) is 0 Å². The summed E-state index contributed by atoms with van der Waals surface area (Å²) < 4.78 is 74.6. The van der Waals surface area contributed by atoms with Crippen molar-refractivity contribution in [3.05, 3.63) is 89.0 Å². The molecule has 0 bridgehead atoms. The van der Waals surface area contributed by atoms with E-state index in [4.69, 9.17) is 9.72 Å². The van der Waals surface area contributed by atoms with E-state index in [1.807, 2.05) is 30.3 Å². The molecule has 1 aliphatic carbocycles. The molecule has 3 heterocycles. The maximum absolute atomic E-state index is 14.9. The SMILES string of the molecule is CCS(=O)(=O)c1cc2c(C(=O)NC3(c4ccccc4)CC3)c(CN3CCC(N4CCCCC4)CC3)c(-c3cccc(C(F)(F)F)c3)nc2cc1OC. The van der Waals surface area contributed by atoms with Gasteiger partial charge in [0, 0.05) is 35.2 Å². The normalized spacial score (nSPS) is 18.7. The zero-order valence-electron chi connectivity index (χ0n) is 29.6. The van der Waals surface area contributed by atoms with Gasteiger partial charge in [-0.05, 0) is 88.5 Å². The molecule has 0 unspecified atom stereocenters. The van der Waals surface area contributed by atoms with E-state index in [-0.39, 0.29) is 45.3 Å². The Morgan fingerprint density at radius 1 is 0.962 bits per heavy atom. The Labute approximate surface area is 303 Å². The van der Waals surface area contributed by atoms with Crippen LogP contribution in [0, 0.1) is 0 Å². The number of alkyl halides is 3. The van der Waals surface area contributed by atoms with Gasteiger partial charge in [0.15, 0.2) is 9.84 Å². The molecule has 52 heavy (non-hydrogen) atoms. The summed E-state index contributed by atoms with van der Waals surface area (Å²) in [6, 6.07) is 18.1. The summed E-state index contributed by atoms with van der Waals surface area (Å²) in [5, 5.41) is 3.59. The number of benzene rings is 3. The van der Waals surface area contributed by atoms with E-state index < -0.39 is 33.0 Å². The number of amides is 1. The second-order valence-electron chi connectivity index (χ2n) is 14.3. The lowest BCUT2D eigenvalue weighted by Gasteiger charge is -2.40. The summed E-state index contributed by atoms with van der Waals surface area (Å²) in [5.41, 5.74) is 0.923. The predicted molar refractivity (Wildman–Crippen MR) is 195 cm³/mol. The number of ether oxygens (including phenoxy) is 1. The number of hydrogen-bond donors (Lipinski definition) is 1. The highest BCUT2D eigenvalue weighted by Gasteiger charge is 2.46. The van der Waals surface area contributed by atoms with Gasteiger partial charge >= 0.3 is 6.18 Å². The standard InChI is InChI=1S/C40H45F3N4O4S/c1-3-52(49,50)35-24-31-33(25-34(35)51-2)44-37(27-11-10-14-29(23-27)40(41,42)43)32(26-46-21-15-30(16-22-46)47-19-8-5-9-20-47)36(31)38(48)45-39(17-18-39)28-12-6-4-7-13-28/h4,6-7,10-14,23-25,30H,3,5,8-9,15-22,26H2,1-2H3,(H,45,48). The topological polar surface area (TPSA) is 91.8 Å². The van der Waals surface area contributed by atoms with Crippen LogP contribution in [-0.2, 0) is 28.1 Å². The Morgan fingerprint density at radius 2 is 1.67 bits per heavy atom. The average Bonchev–Trinajstić information content (AvgIpc) is 3.95. The Morgan fingerprint density at radius 3 is 2.31 bits per heavy atom. The number of carbonyl (C=O) groups is 1. The fourth-order valence-corrected chi connectivity index (χ4v) is 9.02. The summed E-state index contributed by atoms with van der Waals surface area (Å²) in [5.74, 6) is -0.564. The molecule has 0 atom stereocenters. The first-order valence-corrected chi connectivity index (χ1v) is 19.9. The average molecular weight is 735 g/mol. The lowest BCUT2D eigenvalue weighted by molar-refractivity contribution is -0.137. The highest BCUT2D eigenvalue weighted by molar-refractivity contribution is 7.91. The first-order valence-electron chi connectivity index (χ1n) is 18.2. The van der Waals surface area contributed by atoms with Gasteiger partial charge in [0.25, 0.3) is 5.91 Å². The van der Waals surface area contributed by atoms with Gasteiger partial charge in [-0.15, -0.1) is 0 Å². The summed E-state index contributed by atoms with van der Waals surface area (Å²) >= 11 is 0. The zero-order chi connectivity index (χ0) is 36.7. The first-order chi connectivity index (χ1) is 24.9. The van der Waals surface area contributed by atoms with Crippen molar-refractivity contribution < 1.29 is 31.1 Å². The Balaban J connectivity index is 1.41. The van der Waals surface area contributed by atoms with Gasteiger partial charge in [-0.25, -0.2) is 13.4 Å². The number of pyridine rings is 1. The van der Waals surface area contributed by atoms with Crippen molar-refractivity contribution in [3.8, 4) is 17.0 Å². The third-order valence-corrected chi connectivity index (χ3v) is 12.8. The van der Waals surface area contributed by atoms with Gasteiger partial charge in [0.05, 0.1) is 40.7 Å². The third-order valence-electron chi connectivity index (χ3n) is 11.1. The number of sulfone groups is 1. The molecule has 0 spiro atoms. The van der Waals surface area contributed by atoms with Crippen LogP contribution in [0.4, 0.5) is 13.2 Å². The number of nitrogens with one attached hydrogen (secondary N) is 1. The van der Waals surface area contributed by atoms with E-state index in [9.17, 15) is 26.4 Å². The molecule has 2 saturated heterocycles. The van der Waals surface area contributed by atoms with Crippen LogP contribution >= 0.6 is 0 Å². The molecule has 0 radical (unpaired) electrons. The van der Waals surface area contributed by atoms with Gasteiger partial charge in [0.1, 0.15) is 10.6 Å². The highest BCUT2D eigenvalue weighted by Crippen LogP contribution is 2.46. The van der Waals surface area contributed by atoms with E-state index in [2.05, 4.69) is 15.1 Å². The fourth-order valence-electron chi connectivity index (χ4n) is 7.96. The lowest BCUT2D eigenvalue weighted by atomic mass is 9.93. The minimum Gasteiger partial charge on any atom is -0.495 e. The van der Waals surface area contributed by atoms with Crippen LogP contribution < -0.4 is 10.1 Å². The van der Waals surface area contributed by atoms with Crippen LogP contribution in [-0.4, -0.2) is 74.2 Å². The summed E-state index contributed by atoms with van der Waals surface area (Å²) in [7, 11) is -2.45. The van der Waals surface area contributed by atoms with Gasteiger partial charge in [0.2, 0.25) is 0 Å². The van der Waals surface area contributed by atoms with Crippen molar-refractivity contribution in [1.82, 2.24) is 20.1 Å². The van der Waals surface area contributed by atoms with E-state index in [0.29, 0.717) is 17.0 Å². The Hall–Kier alpha value is -4.00. The number of aromatic nitrogens is 1. The minimum atomic E-state index is -4.59. The second kappa shape index (κ2) is 14.4. The molecule has 4 aromatic rings. The molecule has 3 aliphatic rings. The van der Waals surface area contributed by atoms with Crippen molar-refractivity contribution in [2.75, 3.05) is 39.0 Å². The van der Waals surface area contributed by atoms with Gasteiger partial charge in [-0.1, -0.05) is 55.8 Å². The number of carbonyl (C=O) groups excluding carboxylic acids is 1. The lowest BCUT2D eigenvalue weighted by Crippen LogP contribution is -2.46. The molecule has 7 rings (SSSR count). The third kappa shape index (κ3) is 7.30. The molecule has 8 nitrogen and oxygen atoms in total. The smallest absolute Gasteiger partial charge is 0.416 e. The van der Waals surface area contributed by atoms with Crippen LogP contribution in [0.5, 0.6) is 5.75 Å².